The molecule has 0 radical (unpaired) electrons. The third-order valence-electron chi connectivity index (χ3n) is 8.82. The number of unbranched alkanes of at least 4 members (excludes halogenated alkanes) is 2. The summed E-state index contributed by atoms with van der Waals surface area (Å²) in [6, 6.07) is 24.4. The second-order valence-electron chi connectivity index (χ2n) is 12.9. The lowest BCUT2D eigenvalue weighted by Gasteiger charge is -2.42. The van der Waals surface area contributed by atoms with Gasteiger partial charge in [0.25, 0.3) is 5.91 Å². The van der Waals surface area contributed by atoms with Crippen LogP contribution in [0.5, 0.6) is 0 Å². The van der Waals surface area contributed by atoms with Gasteiger partial charge in [0.15, 0.2) is 0 Å². The molecule has 6 nitrogen and oxygen atoms in total. The lowest BCUT2D eigenvalue weighted by molar-refractivity contribution is 0.0660. The van der Waals surface area contributed by atoms with E-state index in [1.54, 1.807) is 6.07 Å². The summed E-state index contributed by atoms with van der Waals surface area (Å²) < 4.78 is 16.5. The molecule has 5 rings (SSSR count). The summed E-state index contributed by atoms with van der Waals surface area (Å²) in [4.78, 5) is 19.9. The van der Waals surface area contributed by atoms with Crippen molar-refractivity contribution in [1.82, 2.24) is 9.62 Å². The number of amides is 1. The van der Waals surface area contributed by atoms with Crippen molar-refractivity contribution >= 4 is 45.2 Å². The van der Waals surface area contributed by atoms with E-state index >= 15 is 0 Å². The summed E-state index contributed by atoms with van der Waals surface area (Å²) >= 11 is 3.48. The van der Waals surface area contributed by atoms with Crippen molar-refractivity contribution in [3.8, 4) is 0 Å². The van der Waals surface area contributed by atoms with Crippen molar-refractivity contribution in [3.05, 3.63) is 118 Å². The molecule has 1 amide bonds. The summed E-state index contributed by atoms with van der Waals surface area (Å²) in [7, 11) is -1.32. The van der Waals surface area contributed by atoms with Crippen LogP contribution < -0.4 is 10.0 Å². The van der Waals surface area contributed by atoms with Crippen molar-refractivity contribution in [3.63, 3.8) is 0 Å². The van der Waals surface area contributed by atoms with Gasteiger partial charge in [-0.25, -0.2) is 8.93 Å². The van der Waals surface area contributed by atoms with Crippen LogP contribution in [0.3, 0.4) is 0 Å². The van der Waals surface area contributed by atoms with Gasteiger partial charge in [-0.15, -0.1) is 0 Å². The Morgan fingerprint density at radius 2 is 1.76 bits per heavy atom. The minimum absolute atomic E-state index is 0.000629. The summed E-state index contributed by atoms with van der Waals surface area (Å²) in [5.74, 6) is 0.000629. The predicted molar refractivity (Wildman–Crippen MR) is 213 cm³/mol. The highest BCUT2D eigenvalue weighted by Crippen LogP contribution is 2.39. The first-order chi connectivity index (χ1) is 23.6. The van der Waals surface area contributed by atoms with Gasteiger partial charge in [0.05, 0.1) is 4.90 Å². The summed E-state index contributed by atoms with van der Waals surface area (Å²) in [5.41, 5.74) is 5.29. The molecule has 264 valence electrons. The lowest BCUT2D eigenvalue weighted by atomic mass is 9.70. The highest BCUT2D eigenvalue weighted by Gasteiger charge is 2.37. The van der Waals surface area contributed by atoms with Crippen LogP contribution in [0.1, 0.15) is 93.6 Å². The van der Waals surface area contributed by atoms with Crippen molar-refractivity contribution in [2.24, 2.45) is 4.99 Å². The number of anilines is 1. The zero-order valence-corrected chi connectivity index (χ0v) is 32.3. The maximum Gasteiger partial charge on any atom is 0.253 e. The fourth-order valence-corrected chi connectivity index (χ4v) is 7.55. The Bertz CT molecular complexity index is 1550. The van der Waals surface area contributed by atoms with Gasteiger partial charge in [-0.3, -0.25) is 4.79 Å². The van der Waals surface area contributed by atoms with Crippen LogP contribution in [-0.4, -0.2) is 47.4 Å². The maximum absolute atomic E-state index is 13.2. The SMILES string of the molecule is C/C=C\CCCC.C=C(C)Nc1ccccc1C.C=NCCC1(c2ccccc2)CCN(C(=O)c2ccc(Br)c(S(=O)NC3CC3)c2)CC1. The van der Waals surface area contributed by atoms with Crippen molar-refractivity contribution in [1.29, 1.82) is 0 Å². The minimum atomic E-state index is -1.32. The maximum atomic E-state index is 13.2. The second-order valence-corrected chi connectivity index (χ2v) is 14.9. The van der Waals surface area contributed by atoms with Gasteiger partial charge in [-0.2, -0.15) is 0 Å². The van der Waals surface area contributed by atoms with E-state index in [0.29, 0.717) is 29.6 Å². The molecule has 2 aliphatic rings. The molecule has 1 saturated heterocycles. The molecular formula is C41H55BrN4O2S. The van der Waals surface area contributed by atoms with Crippen LogP contribution in [0, 0.1) is 6.92 Å². The Labute approximate surface area is 306 Å². The number of benzene rings is 3. The second kappa shape index (κ2) is 21.0. The monoisotopic (exact) mass is 746 g/mol. The zero-order chi connectivity index (χ0) is 35.6. The first-order valence-corrected chi connectivity index (χ1v) is 19.4. The topological polar surface area (TPSA) is 73.8 Å². The average molecular weight is 748 g/mol. The van der Waals surface area contributed by atoms with Gasteiger partial charge in [0.1, 0.15) is 11.0 Å². The number of hydrogen-bond donors (Lipinski definition) is 2. The number of piperidine rings is 1. The lowest BCUT2D eigenvalue weighted by Crippen LogP contribution is -2.45. The van der Waals surface area contributed by atoms with Crippen LogP contribution in [0.15, 0.2) is 112 Å². The quantitative estimate of drug-likeness (QED) is 0.104. The number of nitrogens with zero attached hydrogens (tertiary/aromatic N) is 2. The Morgan fingerprint density at radius 3 is 2.35 bits per heavy atom. The van der Waals surface area contributed by atoms with Crippen LogP contribution in [0.25, 0.3) is 0 Å². The number of para-hydroxylation sites is 1. The number of carbonyl (C=O) groups excluding carboxylic acids is 1. The molecule has 49 heavy (non-hydrogen) atoms. The van der Waals surface area contributed by atoms with E-state index in [0.717, 1.165) is 54.5 Å². The smallest absolute Gasteiger partial charge is 0.253 e. The fraction of sp³-hybridized carbons (Fsp3) is 0.415. The van der Waals surface area contributed by atoms with Gasteiger partial charge in [-0.05, 0) is 117 Å². The molecule has 1 aliphatic carbocycles. The number of carbonyl (C=O) groups is 1. The largest absolute Gasteiger partial charge is 0.360 e. The standard InChI is InChI=1S/C24H28BrN3O2S.C10H13N.C7H14/c1-26-14-11-24(19-5-3-2-4-6-19)12-15-28(16-13-24)23(29)18-7-10-21(25)22(17-18)31(30)27-20-8-9-20;1-8(2)11-10-7-5-4-6-9(10)3;1-3-5-7-6-4-2/h2-7,10,17,20,27H,1,8-9,11-16H2;4-7,11H,1H2,2-3H3;3,5H,4,6-7H2,1-2H3/b;;5-3-. The Kier molecular flexibility index (Phi) is 17.2. The molecule has 2 N–H and O–H groups in total. The number of nitrogens with one attached hydrogen (secondary N) is 2. The van der Waals surface area contributed by atoms with E-state index in [1.807, 2.05) is 48.2 Å². The van der Waals surface area contributed by atoms with Gasteiger partial charge in [0, 0.05) is 52.5 Å². The van der Waals surface area contributed by atoms with Gasteiger partial charge < -0.3 is 15.2 Å². The molecule has 0 aromatic heterocycles. The van der Waals surface area contributed by atoms with Crippen LogP contribution in [-0.2, 0) is 16.4 Å². The van der Waals surface area contributed by atoms with Crippen LogP contribution in [0.2, 0.25) is 0 Å². The van der Waals surface area contributed by atoms with Crippen LogP contribution in [0.4, 0.5) is 5.69 Å². The molecule has 3 aromatic rings. The minimum Gasteiger partial charge on any atom is -0.360 e. The Hall–Kier alpha value is -3.33. The summed E-state index contributed by atoms with van der Waals surface area (Å²) in [5, 5.41) is 3.18. The molecule has 3 aromatic carbocycles. The van der Waals surface area contributed by atoms with E-state index in [9.17, 15) is 9.00 Å². The fourth-order valence-electron chi connectivity index (χ4n) is 5.71. The van der Waals surface area contributed by atoms with Gasteiger partial charge >= 0.3 is 0 Å². The summed E-state index contributed by atoms with van der Waals surface area (Å²) in [6.45, 7) is 17.8. The number of aryl methyl sites for hydroxylation is 1. The molecule has 0 bridgehead atoms. The van der Waals surface area contributed by atoms with Crippen molar-refractivity contribution < 1.29 is 9.00 Å². The number of hydrogen-bond acceptors (Lipinski definition) is 4. The molecule has 1 saturated carbocycles. The highest BCUT2D eigenvalue weighted by molar-refractivity contribution is 9.10. The highest BCUT2D eigenvalue weighted by atomic mass is 79.9. The molecular weight excluding hydrogens is 692 g/mol. The van der Waals surface area contributed by atoms with Crippen LogP contribution >= 0.6 is 15.9 Å². The molecule has 2 fully saturated rings. The van der Waals surface area contributed by atoms with Gasteiger partial charge in [-0.1, -0.05) is 87.0 Å². The van der Waals surface area contributed by atoms with E-state index in [1.165, 1.54) is 30.4 Å². The number of likely N-dealkylation sites (tertiary alicyclic amines) is 1. The van der Waals surface area contributed by atoms with Crippen molar-refractivity contribution in [2.45, 2.75) is 95.4 Å². The molecule has 0 spiro atoms. The van der Waals surface area contributed by atoms with E-state index in [4.69, 9.17) is 0 Å². The van der Waals surface area contributed by atoms with E-state index in [-0.39, 0.29) is 11.3 Å². The molecule has 1 unspecified atom stereocenters. The van der Waals surface area contributed by atoms with E-state index in [2.05, 4.69) is 108 Å². The Morgan fingerprint density at radius 1 is 1.08 bits per heavy atom. The first-order valence-electron chi connectivity index (χ1n) is 17.5. The normalized spacial score (nSPS) is 15.7. The number of halogens is 1. The third-order valence-corrected chi connectivity index (χ3v) is 11.1. The molecule has 1 aliphatic heterocycles. The van der Waals surface area contributed by atoms with Gasteiger partial charge in [0.2, 0.25) is 0 Å². The zero-order valence-electron chi connectivity index (χ0n) is 29.8. The third kappa shape index (κ3) is 13.1. The number of rotatable bonds is 13. The molecule has 8 heteroatoms. The predicted octanol–water partition coefficient (Wildman–Crippen LogP) is 10.2. The molecule has 1 atom stereocenters. The van der Waals surface area contributed by atoms with E-state index < -0.39 is 11.0 Å². The Balaban J connectivity index is 0.000000296. The summed E-state index contributed by atoms with van der Waals surface area (Å²) in [6.07, 6.45) is 13.1. The number of aliphatic imine (C=N–C) groups is 1. The van der Waals surface area contributed by atoms with Crippen molar-refractivity contribution in [2.75, 3.05) is 25.0 Å². The number of allylic oxidation sites excluding steroid dienone is 3. The first kappa shape index (κ1) is 40.1. The molecule has 1 heterocycles. The average Bonchev–Trinajstić information content (AvgIpc) is 3.93.